The normalized spacial score (nSPS) is 12.9. The van der Waals surface area contributed by atoms with Crippen molar-refractivity contribution in [1.82, 2.24) is 0 Å². The molecule has 0 spiro atoms. The van der Waals surface area contributed by atoms with Gasteiger partial charge in [0.1, 0.15) is 0 Å². The lowest BCUT2D eigenvalue weighted by atomic mass is 9.74. The minimum Gasteiger partial charge on any atom is -0.481 e. The molecule has 192 valence electrons. The summed E-state index contributed by atoms with van der Waals surface area (Å²) >= 11 is 0. The van der Waals surface area contributed by atoms with Gasteiger partial charge in [-0.2, -0.15) is 0 Å². The van der Waals surface area contributed by atoms with E-state index in [0.29, 0.717) is 6.42 Å². The summed E-state index contributed by atoms with van der Waals surface area (Å²) in [5, 5.41) is 9.17. The molecule has 0 unspecified atom stereocenters. The van der Waals surface area contributed by atoms with Crippen LogP contribution in [0, 0.1) is 10.8 Å². The molecule has 0 aromatic carbocycles. The Bertz CT molecular complexity index is 524. The van der Waals surface area contributed by atoms with Crippen LogP contribution in [0.25, 0.3) is 0 Å². The van der Waals surface area contributed by atoms with Gasteiger partial charge in [-0.15, -0.1) is 0 Å². The molecule has 0 saturated carbocycles. The van der Waals surface area contributed by atoms with Gasteiger partial charge in [0.25, 0.3) is 0 Å². The molecule has 0 atom stereocenters. The molecule has 0 aromatic heterocycles. The predicted octanol–water partition coefficient (Wildman–Crippen LogP) is 6.71. The van der Waals surface area contributed by atoms with Crippen LogP contribution < -0.4 is 0 Å². The zero-order chi connectivity index (χ0) is 24.5. The molecule has 0 aliphatic heterocycles. The lowest BCUT2D eigenvalue weighted by molar-refractivity contribution is -0.140. The SMILES string of the molecule is CCC(CC)(CCCCOCCCCC(CC)(CC)CC(=O)O)CCCCOP(=O)(O)O. The molecule has 32 heavy (non-hydrogen) atoms. The number of phosphoric ester groups is 1. The summed E-state index contributed by atoms with van der Waals surface area (Å²) in [6.07, 6.45) is 13.2. The van der Waals surface area contributed by atoms with Gasteiger partial charge in [-0.1, -0.05) is 59.8 Å². The van der Waals surface area contributed by atoms with Gasteiger partial charge >= 0.3 is 13.8 Å². The van der Waals surface area contributed by atoms with E-state index in [-0.39, 0.29) is 23.9 Å². The number of unbranched alkanes of at least 4 members (excludes halogenated alkanes) is 3. The van der Waals surface area contributed by atoms with E-state index in [2.05, 4.69) is 32.2 Å². The van der Waals surface area contributed by atoms with Crippen LogP contribution in [-0.2, 0) is 18.6 Å². The molecule has 0 radical (unpaired) electrons. The Morgan fingerprint density at radius 2 is 1.12 bits per heavy atom. The van der Waals surface area contributed by atoms with Crippen LogP contribution in [-0.4, -0.2) is 40.7 Å². The number of hydrogen-bond donors (Lipinski definition) is 3. The second-order valence-electron chi connectivity index (χ2n) is 9.29. The van der Waals surface area contributed by atoms with Crippen LogP contribution in [0.5, 0.6) is 0 Å². The Morgan fingerprint density at radius 1 is 0.719 bits per heavy atom. The van der Waals surface area contributed by atoms with Gasteiger partial charge in [-0.3, -0.25) is 9.32 Å². The Hall–Kier alpha value is -0.460. The lowest BCUT2D eigenvalue weighted by Gasteiger charge is -2.32. The minimum absolute atomic E-state index is 0.0720. The van der Waals surface area contributed by atoms with E-state index in [1.54, 1.807) is 0 Å². The van der Waals surface area contributed by atoms with E-state index in [9.17, 15) is 9.36 Å². The van der Waals surface area contributed by atoms with Gasteiger partial charge in [0, 0.05) is 13.2 Å². The van der Waals surface area contributed by atoms with Gasteiger partial charge in [-0.25, -0.2) is 4.57 Å². The molecule has 3 N–H and O–H groups in total. The monoisotopic (exact) mass is 480 g/mol. The third-order valence-electron chi connectivity index (χ3n) is 7.38. The van der Waals surface area contributed by atoms with Gasteiger partial charge < -0.3 is 19.6 Å². The average molecular weight is 481 g/mol. The third kappa shape index (κ3) is 14.6. The summed E-state index contributed by atoms with van der Waals surface area (Å²) < 4.78 is 21.1. The third-order valence-corrected chi connectivity index (χ3v) is 7.90. The number of rotatable bonds is 22. The summed E-state index contributed by atoms with van der Waals surface area (Å²) in [6, 6.07) is 0. The van der Waals surface area contributed by atoms with Gasteiger partial charge in [0.05, 0.1) is 13.0 Å². The predicted molar refractivity (Wildman–Crippen MR) is 129 cm³/mol. The van der Waals surface area contributed by atoms with Crippen molar-refractivity contribution in [2.24, 2.45) is 10.8 Å². The standard InChI is InChI=1S/C24H49O7P/c1-5-23(6-2,16-11-14-20-31-32(27,28)29)15-9-12-18-30-19-13-10-17-24(7-3,8-4)21-22(25)26/h5-21H2,1-4H3,(H,25,26)(H2,27,28,29). The molecule has 8 heteroatoms. The second-order valence-corrected chi connectivity index (χ2v) is 10.5. The van der Waals surface area contributed by atoms with Crippen LogP contribution in [0.1, 0.15) is 118 Å². The minimum atomic E-state index is -4.35. The highest BCUT2D eigenvalue weighted by Crippen LogP contribution is 2.39. The van der Waals surface area contributed by atoms with Gasteiger partial charge in [0.2, 0.25) is 0 Å². The first kappa shape index (κ1) is 31.5. The van der Waals surface area contributed by atoms with Crippen molar-refractivity contribution >= 4 is 13.8 Å². The topological polar surface area (TPSA) is 113 Å². The van der Waals surface area contributed by atoms with E-state index < -0.39 is 13.8 Å². The second kappa shape index (κ2) is 17.0. The van der Waals surface area contributed by atoms with E-state index in [1.165, 1.54) is 0 Å². The molecule has 0 amide bonds. The first-order chi connectivity index (χ1) is 15.1. The molecule has 0 rings (SSSR count). The van der Waals surface area contributed by atoms with Crippen molar-refractivity contribution in [3.05, 3.63) is 0 Å². The summed E-state index contributed by atoms with van der Waals surface area (Å²) in [5.41, 5.74) is 0.216. The summed E-state index contributed by atoms with van der Waals surface area (Å²) in [4.78, 5) is 28.6. The highest BCUT2D eigenvalue weighted by Gasteiger charge is 2.28. The largest absolute Gasteiger partial charge is 0.481 e. The van der Waals surface area contributed by atoms with Crippen molar-refractivity contribution < 1.29 is 33.5 Å². The van der Waals surface area contributed by atoms with Crippen molar-refractivity contribution in [3.63, 3.8) is 0 Å². The number of phosphoric acid groups is 1. The Balaban J connectivity index is 4.00. The molecule has 0 aliphatic carbocycles. The highest BCUT2D eigenvalue weighted by molar-refractivity contribution is 7.46. The molecule has 0 bridgehead atoms. The van der Waals surface area contributed by atoms with Crippen LogP contribution in [0.3, 0.4) is 0 Å². The highest BCUT2D eigenvalue weighted by atomic mass is 31.2. The molecule has 0 fully saturated rings. The molecule has 0 aliphatic rings. The van der Waals surface area contributed by atoms with Crippen LogP contribution in [0.4, 0.5) is 0 Å². The fourth-order valence-electron chi connectivity index (χ4n) is 4.64. The average Bonchev–Trinajstić information content (AvgIpc) is 2.74. The quantitative estimate of drug-likeness (QED) is 0.117. The smallest absolute Gasteiger partial charge is 0.469 e. The number of hydrogen-bond acceptors (Lipinski definition) is 4. The molecule has 0 saturated heterocycles. The van der Waals surface area contributed by atoms with Crippen LogP contribution in [0.15, 0.2) is 0 Å². The summed E-state index contributed by atoms with van der Waals surface area (Å²) in [5.74, 6) is -0.699. The molecule has 7 nitrogen and oxygen atoms in total. The Kier molecular flexibility index (Phi) is 16.8. The van der Waals surface area contributed by atoms with Crippen molar-refractivity contribution in [2.45, 2.75) is 118 Å². The Morgan fingerprint density at radius 3 is 1.50 bits per heavy atom. The zero-order valence-corrected chi connectivity index (χ0v) is 21.8. The Labute approximate surface area is 195 Å². The number of carboxylic acid groups (broad SMARTS) is 1. The van der Waals surface area contributed by atoms with Crippen LogP contribution >= 0.6 is 7.82 Å². The maximum atomic E-state index is 11.1. The van der Waals surface area contributed by atoms with E-state index in [0.717, 1.165) is 90.3 Å². The van der Waals surface area contributed by atoms with Gasteiger partial charge in [0.15, 0.2) is 0 Å². The van der Waals surface area contributed by atoms with Crippen molar-refractivity contribution in [3.8, 4) is 0 Å². The fourth-order valence-corrected chi connectivity index (χ4v) is 5.01. The maximum absolute atomic E-state index is 11.1. The molecule has 0 aromatic rings. The molecule has 0 heterocycles. The molecular formula is C24H49O7P. The number of aliphatic carboxylic acids is 1. The van der Waals surface area contributed by atoms with Gasteiger partial charge in [-0.05, 0) is 62.2 Å². The van der Waals surface area contributed by atoms with Crippen molar-refractivity contribution in [1.29, 1.82) is 0 Å². The number of ether oxygens (including phenoxy) is 1. The zero-order valence-electron chi connectivity index (χ0n) is 20.9. The first-order valence-corrected chi connectivity index (χ1v) is 14.1. The molecular weight excluding hydrogens is 431 g/mol. The number of carbonyl (C=O) groups is 1. The summed E-state index contributed by atoms with van der Waals surface area (Å²) in [7, 11) is -4.35. The van der Waals surface area contributed by atoms with E-state index in [1.807, 2.05) is 0 Å². The summed E-state index contributed by atoms with van der Waals surface area (Å²) in [6.45, 7) is 10.2. The van der Waals surface area contributed by atoms with Crippen molar-refractivity contribution in [2.75, 3.05) is 19.8 Å². The van der Waals surface area contributed by atoms with Crippen LogP contribution in [0.2, 0.25) is 0 Å². The first-order valence-electron chi connectivity index (χ1n) is 12.6. The fraction of sp³-hybridized carbons (Fsp3) is 0.958. The van der Waals surface area contributed by atoms with E-state index >= 15 is 0 Å². The maximum Gasteiger partial charge on any atom is 0.469 e. The number of carboxylic acids is 1. The lowest BCUT2D eigenvalue weighted by Crippen LogP contribution is -2.23. The van der Waals surface area contributed by atoms with E-state index in [4.69, 9.17) is 19.6 Å².